The number of aromatic nitrogens is 1. The number of aryl methyl sites for hydroxylation is 1. The van der Waals surface area contributed by atoms with Crippen LogP contribution in [0.2, 0.25) is 0 Å². The third kappa shape index (κ3) is 3.82. The van der Waals surface area contributed by atoms with Gasteiger partial charge in [0.25, 0.3) is 5.91 Å². The fourth-order valence-electron chi connectivity index (χ4n) is 2.05. The van der Waals surface area contributed by atoms with Gasteiger partial charge in [-0.15, -0.1) is 0 Å². The molecule has 0 unspecified atom stereocenters. The summed E-state index contributed by atoms with van der Waals surface area (Å²) in [6.45, 7) is 0.968. The highest BCUT2D eigenvalue weighted by atomic mass is 16.5. The molecule has 0 spiro atoms. The van der Waals surface area contributed by atoms with Crippen molar-refractivity contribution in [3.63, 3.8) is 0 Å². The van der Waals surface area contributed by atoms with Gasteiger partial charge in [-0.25, -0.2) is 0 Å². The molecule has 1 atom stereocenters. The molecule has 0 aliphatic heterocycles. The topological polar surface area (TPSA) is 80.6 Å². The minimum absolute atomic E-state index is 0.0679. The highest BCUT2D eigenvalue weighted by Crippen LogP contribution is 2.20. The number of nitrogens with one attached hydrogen (secondary N) is 1. The number of rotatable bonds is 5. The van der Waals surface area contributed by atoms with Crippen molar-refractivity contribution in [2.45, 2.75) is 13.0 Å². The molecule has 1 aromatic carbocycles. The molecule has 21 heavy (non-hydrogen) atoms. The van der Waals surface area contributed by atoms with Gasteiger partial charge < -0.3 is 19.7 Å². The molecule has 6 heteroatoms. The Kier molecular flexibility index (Phi) is 4.59. The summed E-state index contributed by atoms with van der Waals surface area (Å²) in [6, 6.07) is 7.60. The predicted octanol–water partition coefficient (Wildman–Crippen LogP) is 0.891. The smallest absolute Gasteiger partial charge is 0.303 e. The van der Waals surface area contributed by atoms with E-state index in [0.29, 0.717) is 0 Å². The van der Waals surface area contributed by atoms with E-state index in [1.165, 1.54) is 6.92 Å². The lowest BCUT2D eigenvalue weighted by atomic mass is 10.1. The molecule has 0 saturated heterocycles. The number of aliphatic hydroxyl groups is 1. The molecule has 0 bridgehead atoms. The molecular weight excluding hydrogens is 272 g/mol. The van der Waals surface area contributed by atoms with Gasteiger partial charge in [-0.2, -0.15) is 0 Å². The predicted molar refractivity (Wildman–Crippen MR) is 77.5 cm³/mol. The highest BCUT2D eigenvalue weighted by molar-refractivity contribution is 5.81. The van der Waals surface area contributed by atoms with E-state index in [1.807, 2.05) is 42.1 Å². The fraction of sp³-hybridized carbons (Fsp3) is 0.333. The molecule has 1 amide bonds. The van der Waals surface area contributed by atoms with Gasteiger partial charge >= 0.3 is 5.97 Å². The zero-order valence-electron chi connectivity index (χ0n) is 12.0. The Bertz CT molecular complexity index is 663. The normalized spacial score (nSPS) is 12.1. The average molecular weight is 290 g/mol. The zero-order chi connectivity index (χ0) is 15.4. The number of ether oxygens (including phenoxy) is 1. The first kappa shape index (κ1) is 15.1. The molecule has 0 aliphatic carbocycles. The zero-order valence-corrected chi connectivity index (χ0v) is 12.0. The molecule has 6 nitrogen and oxygen atoms in total. The van der Waals surface area contributed by atoms with E-state index >= 15 is 0 Å². The standard InChI is InChI=1S/C15H18N2O4/c1-10(18)21-9-15(20)16-8-14(19)12-3-4-13-11(7-12)5-6-17(13)2/h3-7,14,19H,8-9H2,1-2H3,(H,16,20)/t14-/m1/s1. The van der Waals surface area contributed by atoms with Crippen LogP contribution in [0.4, 0.5) is 0 Å². The number of carbonyl (C=O) groups is 2. The summed E-state index contributed by atoms with van der Waals surface area (Å²) < 4.78 is 6.56. The van der Waals surface area contributed by atoms with Crippen LogP contribution in [0.1, 0.15) is 18.6 Å². The summed E-state index contributed by atoms with van der Waals surface area (Å²) >= 11 is 0. The van der Waals surface area contributed by atoms with Crippen LogP contribution in [0.15, 0.2) is 30.5 Å². The molecule has 0 aliphatic rings. The fourth-order valence-corrected chi connectivity index (χ4v) is 2.05. The van der Waals surface area contributed by atoms with Gasteiger partial charge in [-0.3, -0.25) is 9.59 Å². The first-order valence-electron chi connectivity index (χ1n) is 6.60. The number of aliphatic hydroxyl groups excluding tert-OH is 1. The van der Waals surface area contributed by atoms with E-state index in [-0.39, 0.29) is 13.2 Å². The van der Waals surface area contributed by atoms with Crippen LogP contribution in [-0.4, -0.2) is 34.7 Å². The molecule has 1 heterocycles. The largest absolute Gasteiger partial charge is 0.456 e. The minimum Gasteiger partial charge on any atom is -0.456 e. The van der Waals surface area contributed by atoms with Gasteiger partial charge in [0, 0.05) is 32.2 Å². The number of esters is 1. The van der Waals surface area contributed by atoms with Crippen LogP contribution in [0.5, 0.6) is 0 Å². The van der Waals surface area contributed by atoms with E-state index in [4.69, 9.17) is 0 Å². The van der Waals surface area contributed by atoms with Gasteiger partial charge in [0.2, 0.25) is 0 Å². The number of nitrogens with zero attached hydrogens (tertiary/aromatic N) is 1. The van der Waals surface area contributed by atoms with E-state index in [9.17, 15) is 14.7 Å². The Labute approximate surface area is 122 Å². The molecule has 0 fully saturated rings. The summed E-state index contributed by atoms with van der Waals surface area (Å²) in [6.07, 6.45) is 1.14. The Hall–Kier alpha value is -2.34. The van der Waals surface area contributed by atoms with Crippen molar-refractivity contribution in [1.82, 2.24) is 9.88 Å². The second-order valence-electron chi connectivity index (χ2n) is 4.85. The average Bonchev–Trinajstić information content (AvgIpc) is 2.83. The SMILES string of the molecule is CC(=O)OCC(=O)NC[C@@H](O)c1ccc2c(ccn2C)c1. The highest BCUT2D eigenvalue weighted by Gasteiger charge is 2.11. The summed E-state index contributed by atoms with van der Waals surface area (Å²) in [7, 11) is 1.95. The number of hydrogen-bond acceptors (Lipinski definition) is 4. The van der Waals surface area contributed by atoms with Gasteiger partial charge in [0.05, 0.1) is 6.10 Å². The van der Waals surface area contributed by atoms with Crippen LogP contribution in [0, 0.1) is 0 Å². The molecular formula is C15H18N2O4. The molecule has 2 rings (SSSR count). The first-order valence-corrected chi connectivity index (χ1v) is 6.60. The van der Waals surface area contributed by atoms with E-state index in [2.05, 4.69) is 10.1 Å². The van der Waals surface area contributed by atoms with Crippen LogP contribution in [0.3, 0.4) is 0 Å². The Morgan fingerprint density at radius 1 is 1.38 bits per heavy atom. The number of benzene rings is 1. The third-order valence-corrected chi connectivity index (χ3v) is 3.19. The summed E-state index contributed by atoms with van der Waals surface area (Å²) in [5.41, 5.74) is 1.80. The van der Waals surface area contributed by atoms with E-state index in [0.717, 1.165) is 16.5 Å². The second-order valence-corrected chi connectivity index (χ2v) is 4.85. The van der Waals surface area contributed by atoms with Gasteiger partial charge in [-0.05, 0) is 29.1 Å². The van der Waals surface area contributed by atoms with Gasteiger partial charge in [-0.1, -0.05) is 6.07 Å². The maximum Gasteiger partial charge on any atom is 0.303 e. The van der Waals surface area contributed by atoms with E-state index < -0.39 is 18.0 Å². The maximum atomic E-state index is 11.4. The minimum atomic E-state index is -0.809. The van der Waals surface area contributed by atoms with Crippen molar-refractivity contribution < 1.29 is 19.4 Å². The number of fused-ring (bicyclic) bond motifs is 1. The summed E-state index contributed by atoms with van der Waals surface area (Å²) in [5, 5.41) is 13.6. The lowest BCUT2D eigenvalue weighted by Crippen LogP contribution is -2.32. The molecule has 0 radical (unpaired) electrons. The van der Waals surface area contributed by atoms with Crippen LogP contribution < -0.4 is 5.32 Å². The Morgan fingerprint density at radius 3 is 2.86 bits per heavy atom. The number of amides is 1. The second kappa shape index (κ2) is 6.41. The van der Waals surface area contributed by atoms with Crippen molar-refractivity contribution >= 4 is 22.8 Å². The molecule has 2 N–H and O–H groups in total. The molecule has 1 aromatic heterocycles. The molecule has 0 saturated carbocycles. The van der Waals surface area contributed by atoms with Crippen molar-refractivity contribution in [3.05, 3.63) is 36.0 Å². The van der Waals surface area contributed by atoms with Crippen molar-refractivity contribution in [3.8, 4) is 0 Å². The Balaban J connectivity index is 1.94. The number of carbonyl (C=O) groups excluding carboxylic acids is 2. The molecule has 112 valence electrons. The van der Waals surface area contributed by atoms with E-state index in [1.54, 1.807) is 0 Å². The summed E-state index contributed by atoms with van der Waals surface area (Å²) in [5.74, 6) is -0.953. The number of hydrogen-bond donors (Lipinski definition) is 2. The van der Waals surface area contributed by atoms with Crippen molar-refractivity contribution in [1.29, 1.82) is 0 Å². The van der Waals surface area contributed by atoms with Gasteiger partial charge in [0.1, 0.15) is 0 Å². The van der Waals surface area contributed by atoms with Crippen LogP contribution >= 0.6 is 0 Å². The monoisotopic (exact) mass is 290 g/mol. The van der Waals surface area contributed by atoms with Crippen molar-refractivity contribution in [2.75, 3.05) is 13.2 Å². The summed E-state index contributed by atoms with van der Waals surface area (Å²) in [4.78, 5) is 22.0. The molecule has 2 aromatic rings. The van der Waals surface area contributed by atoms with Crippen LogP contribution in [0.25, 0.3) is 10.9 Å². The lowest BCUT2D eigenvalue weighted by Gasteiger charge is -2.12. The van der Waals surface area contributed by atoms with Crippen molar-refractivity contribution in [2.24, 2.45) is 7.05 Å². The van der Waals surface area contributed by atoms with Gasteiger partial charge in [0.15, 0.2) is 6.61 Å². The first-order chi connectivity index (χ1) is 9.97. The maximum absolute atomic E-state index is 11.4. The quantitative estimate of drug-likeness (QED) is 0.801. The lowest BCUT2D eigenvalue weighted by molar-refractivity contribution is -0.146. The van der Waals surface area contributed by atoms with Crippen LogP contribution in [-0.2, 0) is 21.4 Å². The Morgan fingerprint density at radius 2 is 2.14 bits per heavy atom. The third-order valence-electron chi connectivity index (χ3n) is 3.19.